The average Bonchev–Trinajstić information content (AvgIpc) is 2.76. The van der Waals surface area contributed by atoms with Gasteiger partial charge in [-0.25, -0.2) is 4.98 Å². The molecule has 3 aromatic rings. The molecular weight excluding hydrogens is 279 g/mol. The summed E-state index contributed by atoms with van der Waals surface area (Å²) in [5.74, 6) is 0. The summed E-state index contributed by atoms with van der Waals surface area (Å²) in [4.78, 5) is 3.97. The fourth-order valence-electron chi connectivity index (χ4n) is 2.14. The average molecular weight is 291 g/mol. The highest BCUT2D eigenvalue weighted by atomic mass is 35.5. The Hall–Kier alpha value is -1.51. The topological polar surface area (TPSA) is 17.8 Å². The van der Waals surface area contributed by atoms with Gasteiger partial charge in [-0.15, -0.1) is 0 Å². The van der Waals surface area contributed by atoms with Crippen LogP contribution in [0.3, 0.4) is 0 Å². The molecule has 1 heterocycles. The summed E-state index contributed by atoms with van der Waals surface area (Å²) in [5, 5.41) is 3.38. The maximum Gasteiger partial charge on any atom is 0.166 e. The van der Waals surface area contributed by atoms with Crippen molar-refractivity contribution in [2.75, 3.05) is 0 Å². The summed E-state index contributed by atoms with van der Waals surface area (Å²) in [5.41, 5.74) is 1.28. The summed E-state index contributed by atoms with van der Waals surface area (Å²) in [6.07, 6.45) is 2.57. The van der Waals surface area contributed by atoms with E-state index in [0.717, 1.165) is 13.0 Å². The van der Waals surface area contributed by atoms with Gasteiger partial charge in [-0.1, -0.05) is 65.7 Å². The monoisotopic (exact) mass is 290 g/mol. The molecule has 2 nitrogen and oxygen atoms in total. The SMILES string of the molecule is Clc1ncn(CCc2ccc3ccccc3c2)c1Cl. The number of rotatable bonds is 3. The standard InChI is InChI=1S/C15H12Cl2N2/c16-14-15(17)19(10-18-14)8-7-11-5-6-12-3-1-2-4-13(12)9-11/h1-6,9-10H,7-8H2. The first-order valence-corrected chi connectivity index (χ1v) is 6.83. The molecule has 0 aliphatic rings. The normalized spacial score (nSPS) is 11.1. The zero-order chi connectivity index (χ0) is 13.2. The zero-order valence-electron chi connectivity index (χ0n) is 10.2. The predicted molar refractivity (Wildman–Crippen MR) is 79.9 cm³/mol. The van der Waals surface area contributed by atoms with Gasteiger partial charge in [0.1, 0.15) is 5.15 Å². The molecule has 0 N–H and O–H groups in total. The fourth-order valence-corrected chi connectivity index (χ4v) is 2.47. The molecule has 0 saturated heterocycles. The van der Waals surface area contributed by atoms with Gasteiger partial charge in [-0.05, 0) is 22.8 Å². The minimum atomic E-state index is 0.361. The van der Waals surface area contributed by atoms with E-state index < -0.39 is 0 Å². The number of hydrogen-bond donors (Lipinski definition) is 0. The van der Waals surface area contributed by atoms with Crippen molar-refractivity contribution in [1.82, 2.24) is 9.55 Å². The van der Waals surface area contributed by atoms with Crippen LogP contribution in [0.1, 0.15) is 5.56 Å². The van der Waals surface area contributed by atoms with Crippen LogP contribution in [0.5, 0.6) is 0 Å². The Kier molecular flexibility index (Phi) is 3.45. The Balaban J connectivity index is 1.80. The van der Waals surface area contributed by atoms with Gasteiger partial charge in [0.25, 0.3) is 0 Å². The number of aromatic nitrogens is 2. The lowest BCUT2D eigenvalue weighted by molar-refractivity contribution is 0.697. The molecule has 0 aliphatic heterocycles. The highest BCUT2D eigenvalue weighted by molar-refractivity contribution is 6.40. The van der Waals surface area contributed by atoms with Crippen molar-refractivity contribution in [3.63, 3.8) is 0 Å². The van der Waals surface area contributed by atoms with Crippen LogP contribution in [0.2, 0.25) is 10.3 Å². The molecule has 0 spiro atoms. The van der Waals surface area contributed by atoms with Crippen molar-refractivity contribution in [2.45, 2.75) is 13.0 Å². The van der Waals surface area contributed by atoms with Crippen LogP contribution < -0.4 is 0 Å². The number of aryl methyl sites for hydroxylation is 2. The minimum Gasteiger partial charge on any atom is -0.320 e. The van der Waals surface area contributed by atoms with Gasteiger partial charge in [-0.2, -0.15) is 0 Å². The van der Waals surface area contributed by atoms with Crippen LogP contribution >= 0.6 is 23.2 Å². The van der Waals surface area contributed by atoms with Gasteiger partial charge in [0, 0.05) is 6.54 Å². The molecule has 3 rings (SSSR count). The van der Waals surface area contributed by atoms with Crippen LogP contribution in [0.25, 0.3) is 10.8 Å². The lowest BCUT2D eigenvalue weighted by Gasteiger charge is -2.06. The van der Waals surface area contributed by atoms with Gasteiger partial charge in [-0.3, -0.25) is 0 Å². The third kappa shape index (κ3) is 2.60. The Morgan fingerprint density at radius 2 is 1.79 bits per heavy atom. The summed E-state index contributed by atoms with van der Waals surface area (Å²) >= 11 is 11.9. The third-order valence-electron chi connectivity index (χ3n) is 3.19. The lowest BCUT2D eigenvalue weighted by Crippen LogP contribution is -2.00. The largest absolute Gasteiger partial charge is 0.320 e. The second-order valence-corrected chi connectivity index (χ2v) is 5.17. The number of benzene rings is 2. The molecule has 0 unspecified atom stereocenters. The van der Waals surface area contributed by atoms with Crippen molar-refractivity contribution in [2.24, 2.45) is 0 Å². The van der Waals surface area contributed by atoms with Crippen molar-refractivity contribution >= 4 is 34.0 Å². The van der Waals surface area contributed by atoms with E-state index in [0.29, 0.717) is 10.3 Å². The van der Waals surface area contributed by atoms with E-state index in [1.165, 1.54) is 16.3 Å². The van der Waals surface area contributed by atoms with Gasteiger partial charge < -0.3 is 4.57 Å². The van der Waals surface area contributed by atoms with Crippen molar-refractivity contribution in [1.29, 1.82) is 0 Å². The van der Waals surface area contributed by atoms with Crippen LogP contribution in [0.4, 0.5) is 0 Å². The van der Waals surface area contributed by atoms with Gasteiger partial charge in [0.2, 0.25) is 0 Å². The molecule has 0 saturated carbocycles. The van der Waals surface area contributed by atoms with E-state index in [-0.39, 0.29) is 0 Å². The zero-order valence-corrected chi connectivity index (χ0v) is 11.7. The van der Waals surface area contributed by atoms with E-state index in [1.807, 2.05) is 4.57 Å². The van der Waals surface area contributed by atoms with Crippen LogP contribution in [0.15, 0.2) is 48.8 Å². The molecule has 0 atom stereocenters. The summed E-state index contributed by atoms with van der Waals surface area (Å²) in [6.45, 7) is 0.775. The molecule has 2 aromatic carbocycles. The predicted octanol–water partition coefficient (Wildman–Crippen LogP) is 4.59. The fraction of sp³-hybridized carbons (Fsp3) is 0.133. The highest BCUT2D eigenvalue weighted by Crippen LogP contribution is 2.21. The molecule has 19 heavy (non-hydrogen) atoms. The molecular formula is C15H12Cl2N2. The molecule has 0 radical (unpaired) electrons. The van der Waals surface area contributed by atoms with Crippen molar-refractivity contribution < 1.29 is 0 Å². The van der Waals surface area contributed by atoms with Crippen LogP contribution in [-0.4, -0.2) is 9.55 Å². The summed E-state index contributed by atoms with van der Waals surface area (Å²) in [7, 11) is 0. The molecule has 4 heteroatoms. The van der Waals surface area contributed by atoms with Gasteiger partial charge in [0.15, 0.2) is 5.15 Å². The van der Waals surface area contributed by atoms with Crippen molar-refractivity contribution in [3.8, 4) is 0 Å². The molecule has 0 aliphatic carbocycles. The van der Waals surface area contributed by atoms with Crippen LogP contribution in [-0.2, 0) is 13.0 Å². The van der Waals surface area contributed by atoms with Crippen molar-refractivity contribution in [3.05, 3.63) is 64.7 Å². The van der Waals surface area contributed by atoms with E-state index in [4.69, 9.17) is 23.2 Å². The van der Waals surface area contributed by atoms with E-state index in [2.05, 4.69) is 47.4 Å². The first kappa shape index (κ1) is 12.5. The minimum absolute atomic E-state index is 0.361. The van der Waals surface area contributed by atoms with Gasteiger partial charge >= 0.3 is 0 Å². The summed E-state index contributed by atoms with van der Waals surface area (Å²) in [6, 6.07) is 14.9. The second kappa shape index (κ2) is 5.24. The third-order valence-corrected chi connectivity index (χ3v) is 3.96. The van der Waals surface area contributed by atoms with E-state index in [9.17, 15) is 0 Å². The molecule has 0 bridgehead atoms. The smallest absolute Gasteiger partial charge is 0.166 e. The number of imidazole rings is 1. The molecule has 0 fully saturated rings. The number of halogens is 2. The second-order valence-electron chi connectivity index (χ2n) is 4.45. The Morgan fingerprint density at radius 3 is 2.53 bits per heavy atom. The molecule has 96 valence electrons. The van der Waals surface area contributed by atoms with Crippen LogP contribution in [0, 0.1) is 0 Å². The number of fused-ring (bicyclic) bond motifs is 1. The summed E-state index contributed by atoms with van der Waals surface area (Å²) < 4.78 is 1.86. The maximum atomic E-state index is 6.04. The highest BCUT2D eigenvalue weighted by Gasteiger charge is 2.05. The lowest BCUT2D eigenvalue weighted by atomic mass is 10.1. The number of hydrogen-bond acceptors (Lipinski definition) is 1. The Labute approximate surface area is 121 Å². The van der Waals surface area contributed by atoms with E-state index >= 15 is 0 Å². The maximum absolute atomic E-state index is 6.04. The molecule has 0 amide bonds. The Bertz CT molecular complexity index is 719. The first-order chi connectivity index (χ1) is 9.24. The number of nitrogens with zero attached hydrogens (tertiary/aromatic N) is 2. The quantitative estimate of drug-likeness (QED) is 0.690. The Morgan fingerprint density at radius 1 is 1.00 bits per heavy atom. The first-order valence-electron chi connectivity index (χ1n) is 6.08. The van der Waals surface area contributed by atoms with E-state index in [1.54, 1.807) is 6.33 Å². The van der Waals surface area contributed by atoms with Gasteiger partial charge in [0.05, 0.1) is 6.33 Å². The molecule has 1 aromatic heterocycles.